The Morgan fingerprint density at radius 2 is 1.60 bits per heavy atom. The first-order valence-electron chi connectivity index (χ1n) is 14.0. The Hall–Kier alpha value is -4.15. The normalized spacial score (nSPS) is 16.3. The lowest BCUT2D eigenvalue weighted by molar-refractivity contribution is -0.302. The van der Waals surface area contributed by atoms with Crippen molar-refractivity contribution in [2.45, 2.75) is 56.8 Å². The van der Waals surface area contributed by atoms with Crippen molar-refractivity contribution >= 4 is 39.4 Å². The molecule has 0 saturated carbocycles. The minimum absolute atomic E-state index is 0.00307. The first-order valence-corrected chi connectivity index (χ1v) is 15.4. The summed E-state index contributed by atoms with van der Waals surface area (Å²) in [5, 5.41) is 22.0. The van der Waals surface area contributed by atoms with Crippen LogP contribution in [0.4, 0.5) is 5.69 Å². The molecular weight excluding hydrogens is 558 g/mol. The molecule has 0 bridgehead atoms. The van der Waals surface area contributed by atoms with E-state index in [0.717, 1.165) is 74.5 Å². The highest BCUT2D eigenvalue weighted by atomic mass is 32.2. The minimum atomic E-state index is -4.91. The molecule has 10 heteroatoms. The summed E-state index contributed by atoms with van der Waals surface area (Å²) in [6.45, 7) is 2.87. The Balaban J connectivity index is 0.000000744. The lowest BCUT2D eigenvalue weighted by Gasteiger charge is -2.39. The largest absolute Gasteiger partial charge is 0.744 e. The number of carboxylic acids is 2. The number of carboxylic acid groups (broad SMARTS) is 2. The van der Waals surface area contributed by atoms with Crippen LogP contribution in [0, 0.1) is 0 Å². The number of ether oxygens (including phenoxy) is 1. The summed E-state index contributed by atoms with van der Waals surface area (Å²) in [6, 6.07) is 10.6. The average molecular weight is 587 g/mol. The predicted octanol–water partition coefficient (Wildman–Crippen LogP) is 0.879. The van der Waals surface area contributed by atoms with Crippen LogP contribution in [-0.2, 0) is 34.2 Å². The van der Waals surface area contributed by atoms with Gasteiger partial charge in [0.05, 0.1) is 5.97 Å². The van der Waals surface area contributed by atoms with Gasteiger partial charge in [-0.05, 0) is 85.9 Å². The van der Waals surface area contributed by atoms with E-state index in [4.69, 9.17) is 14.6 Å². The second-order valence-electron chi connectivity index (χ2n) is 10.9. The number of aliphatic carboxylic acids is 1. The van der Waals surface area contributed by atoms with E-state index in [1.165, 1.54) is 11.6 Å². The van der Waals surface area contributed by atoms with Crippen LogP contribution >= 0.6 is 0 Å². The zero-order chi connectivity index (χ0) is 29.8. The molecule has 4 aliphatic rings. The van der Waals surface area contributed by atoms with Gasteiger partial charge in [0.25, 0.3) is 0 Å². The van der Waals surface area contributed by atoms with Crippen LogP contribution in [0.3, 0.4) is 0 Å². The molecule has 0 fully saturated rings. The Morgan fingerprint density at radius 3 is 2.31 bits per heavy atom. The van der Waals surface area contributed by atoms with Crippen LogP contribution in [0.2, 0.25) is 0 Å². The van der Waals surface area contributed by atoms with Gasteiger partial charge >= 0.3 is 0 Å². The first-order chi connectivity index (χ1) is 20.1. The van der Waals surface area contributed by atoms with Gasteiger partial charge in [0.2, 0.25) is 0 Å². The SMILES string of the molecule is CC(=O)[O-].O=C([O-])c1ccccc1C1=c2cc3c(c(S(=O)(=O)[O-])c2Oc2c1cc1c4c2CCCN4CCC1)=CCCC3. The summed E-state index contributed by atoms with van der Waals surface area (Å²) >= 11 is 0. The maximum absolute atomic E-state index is 12.8. The smallest absolute Gasteiger partial charge is 0.153 e. The fraction of sp³-hybridized carbons (Fsp3) is 0.312. The number of hydrogen-bond donors (Lipinski definition) is 0. The van der Waals surface area contributed by atoms with Crippen molar-refractivity contribution in [1.29, 1.82) is 0 Å². The van der Waals surface area contributed by atoms with Gasteiger partial charge in [-0.15, -0.1) is 0 Å². The summed E-state index contributed by atoms with van der Waals surface area (Å²) in [5.74, 6) is -1.89. The molecule has 1 aliphatic carbocycles. The minimum Gasteiger partial charge on any atom is -0.744 e. The fourth-order valence-electron chi connectivity index (χ4n) is 6.76. The number of carbonyl (C=O) groups is 2. The van der Waals surface area contributed by atoms with Crippen molar-refractivity contribution in [3.8, 4) is 11.5 Å². The molecule has 0 spiro atoms. The molecule has 3 heterocycles. The van der Waals surface area contributed by atoms with E-state index in [2.05, 4.69) is 11.0 Å². The van der Waals surface area contributed by atoms with E-state index in [0.29, 0.717) is 40.2 Å². The summed E-state index contributed by atoms with van der Waals surface area (Å²) < 4.78 is 44.9. The van der Waals surface area contributed by atoms with Crippen LogP contribution in [-0.4, -0.2) is 38.0 Å². The van der Waals surface area contributed by atoms with Gasteiger partial charge in [0.1, 0.15) is 20.8 Å². The number of rotatable bonds is 3. The van der Waals surface area contributed by atoms with Crippen LogP contribution < -0.4 is 30.3 Å². The van der Waals surface area contributed by atoms with E-state index < -0.39 is 22.1 Å². The highest BCUT2D eigenvalue weighted by molar-refractivity contribution is 7.85. The lowest BCUT2D eigenvalue weighted by Crippen LogP contribution is -2.36. The third-order valence-corrected chi connectivity index (χ3v) is 9.15. The van der Waals surface area contributed by atoms with Gasteiger partial charge in [-0.25, -0.2) is 8.42 Å². The van der Waals surface area contributed by atoms with Crippen molar-refractivity contribution in [2.75, 3.05) is 18.0 Å². The zero-order valence-electron chi connectivity index (χ0n) is 23.0. The van der Waals surface area contributed by atoms with Crippen LogP contribution in [0.25, 0.3) is 11.6 Å². The number of benzene rings is 3. The molecule has 0 aromatic heterocycles. The summed E-state index contributed by atoms with van der Waals surface area (Å²) in [4.78, 5) is 23.1. The van der Waals surface area contributed by atoms with Crippen molar-refractivity contribution in [1.82, 2.24) is 0 Å². The molecule has 0 radical (unpaired) electrons. The molecule has 0 saturated heterocycles. The summed E-state index contributed by atoms with van der Waals surface area (Å²) in [5.41, 5.74) is 5.79. The molecule has 0 amide bonds. The quantitative estimate of drug-likeness (QED) is 0.319. The molecule has 3 aromatic rings. The first kappa shape index (κ1) is 28.0. The molecule has 7 rings (SSSR count). The number of nitrogens with zero attached hydrogens (tertiary/aromatic N) is 1. The average Bonchev–Trinajstić information content (AvgIpc) is 2.94. The number of hydrogen-bond acceptors (Lipinski definition) is 9. The summed E-state index contributed by atoms with van der Waals surface area (Å²) in [6.07, 6.45) is 7.52. The van der Waals surface area contributed by atoms with E-state index in [-0.39, 0.29) is 16.2 Å². The van der Waals surface area contributed by atoms with Gasteiger partial charge in [0.15, 0.2) is 5.75 Å². The topological polar surface area (TPSA) is 150 Å². The maximum Gasteiger partial charge on any atom is 0.153 e. The van der Waals surface area contributed by atoms with Gasteiger partial charge in [-0.3, -0.25) is 0 Å². The van der Waals surface area contributed by atoms with Gasteiger partial charge in [0, 0.05) is 52.2 Å². The second-order valence-corrected chi connectivity index (χ2v) is 12.3. The number of anilines is 1. The predicted molar refractivity (Wildman–Crippen MR) is 149 cm³/mol. The maximum atomic E-state index is 12.8. The number of carbonyl (C=O) groups excluding carboxylic acids is 2. The Kier molecular flexibility index (Phi) is 7.06. The standard InChI is InChI=1S/C30H27NO6S.C2H4O2/c32-30(33)21-11-4-3-10-20(21)25-23-16-18-8-5-13-31-14-6-12-22(26(18)31)27(23)37-28-24(25)15-17-7-1-2-9-19(17)29(28)38(34,35)36;1-2(3)4/h3-4,9-11,15-16H,1-2,5-8,12-14H2,(H,32,33)(H,34,35,36);1H3,(H,3,4)/p-3. The molecule has 0 N–H and O–H groups in total. The Morgan fingerprint density at radius 1 is 0.905 bits per heavy atom. The molecule has 9 nitrogen and oxygen atoms in total. The molecular formula is C32H28NO8S-3. The molecule has 0 atom stereocenters. The molecule has 3 aliphatic heterocycles. The molecule has 218 valence electrons. The third kappa shape index (κ3) is 4.74. The molecule has 3 aromatic carbocycles. The van der Waals surface area contributed by atoms with Gasteiger partial charge in [-0.1, -0.05) is 30.3 Å². The number of aryl methyl sites for hydroxylation is 2. The molecule has 42 heavy (non-hydrogen) atoms. The van der Waals surface area contributed by atoms with E-state index >= 15 is 0 Å². The van der Waals surface area contributed by atoms with E-state index in [1.807, 2.05) is 6.07 Å². The highest BCUT2D eigenvalue weighted by Crippen LogP contribution is 2.48. The van der Waals surface area contributed by atoms with E-state index in [9.17, 15) is 22.9 Å². The lowest BCUT2D eigenvalue weighted by atomic mass is 9.82. The van der Waals surface area contributed by atoms with Gasteiger partial charge < -0.3 is 34.0 Å². The van der Waals surface area contributed by atoms with Crippen molar-refractivity contribution in [2.24, 2.45) is 0 Å². The summed E-state index contributed by atoms with van der Waals surface area (Å²) in [7, 11) is -4.91. The second kappa shape index (κ2) is 10.6. The van der Waals surface area contributed by atoms with Crippen LogP contribution in [0.1, 0.15) is 70.8 Å². The Labute approximate surface area is 243 Å². The van der Waals surface area contributed by atoms with Crippen LogP contribution in [0.15, 0.2) is 41.3 Å². The van der Waals surface area contributed by atoms with Crippen molar-refractivity contribution in [3.05, 3.63) is 80.2 Å². The highest BCUT2D eigenvalue weighted by Gasteiger charge is 2.34. The molecule has 0 unspecified atom stereocenters. The Bertz CT molecular complexity index is 1890. The fourth-order valence-corrected chi connectivity index (χ4v) is 7.62. The third-order valence-electron chi connectivity index (χ3n) is 8.24. The monoisotopic (exact) mass is 586 g/mol. The number of fused-ring (bicyclic) bond motifs is 4. The van der Waals surface area contributed by atoms with Crippen molar-refractivity contribution in [3.63, 3.8) is 0 Å². The van der Waals surface area contributed by atoms with Crippen molar-refractivity contribution < 1.29 is 37.5 Å². The number of aromatic carboxylic acids is 1. The van der Waals surface area contributed by atoms with E-state index in [1.54, 1.807) is 24.3 Å². The van der Waals surface area contributed by atoms with Gasteiger partial charge in [-0.2, -0.15) is 0 Å². The zero-order valence-corrected chi connectivity index (χ0v) is 23.8. The van der Waals surface area contributed by atoms with Crippen LogP contribution in [0.5, 0.6) is 11.5 Å².